The van der Waals surface area contributed by atoms with Gasteiger partial charge in [-0.15, -0.1) is 0 Å². The summed E-state index contributed by atoms with van der Waals surface area (Å²) in [5.74, 6) is -4.30. The minimum absolute atomic E-state index is 0.0106. The SMILES string of the molecule is COc1ccc(Cl)cc1S(=O)(=O)N1CC(CCC(=O)O)Oc2ccc(NC(=O)OC(C)(C)C(C)(F)F)cc21. The summed E-state index contributed by atoms with van der Waals surface area (Å²) >= 11 is 6.06. The molecule has 1 amide bonds. The second-order valence-electron chi connectivity index (χ2n) is 9.10. The Bertz CT molecular complexity index is 1330. The van der Waals surface area contributed by atoms with Crippen molar-refractivity contribution in [1.82, 2.24) is 0 Å². The number of hydrogen-bond donors (Lipinski definition) is 2. The quantitative estimate of drug-likeness (QED) is 0.419. The van der Waals surface area contributed by atoms with Crippen molar-refractivity contribution in [3.63, 3.8) is 0 Å². The molecule has 0 aromatic heterocycles. The van der Waals surface area contributed by atoms with Gasteiger partial charge in [-0.05, 0) is 56.7 Å². The van der Waals surface area contributed by atoms with Crippen molar-refractivity contribution in [3.05, 3.63) is 41.4 Å². The van der Waals surface area contributed by atoms with Crippen LogP contribution in [0.25, 0.3) is 0 Å². The number of carbonyl (C=O) groups is 2. The largest absolute Gasteiger partial charge is 0.495 e. The van der Waals surface area contributed by atoms with Crippen molar-refractivity contribution in [2.75, 3.05) is 23.3 Å². The van der Waals surface area contributed by atoms with Gasteiger partial charge in [-0.2, -0.15) is 0 Å². The Morgan fingerprint density at radius 3 is 2.50 bits per heavy atom. The minimum Gasteiger partial charge on any atom is -0.495 e. The number of hydrogen-bond acceptors (Lipinski definition) is 7. The van der Waals surface area contributed by atoms with Gasteiger partial charge in [-0.3, -0.25) is 14.4 Å². The van der Waals surface area contributed by atoms with Crippen molar-refractivity contribution >= 4 is 45.1 Å². The van der Waals surface area contributed by atoms with E-state index in [2.05, 4.69) is 5.32 Å². The number of anilines is 2. The highest BCUT2D eigenvalue weighted by atomic mass is 35.5. The molecule has 14 heteroatoms. The first-order chi connectivity index (χ1) is 17.5. The fourth-order valence-electron chi connectivity index (χ4n) is 3.49. The highest BCUT2D eigenvalue weighted by Crippen LogP contribution is 2.41. The average molecular weight is 577 g/mol. The van der Waals surface area contributed by atoms with Crippen LogP contribution in [-0.4, -0.2) is 56.9 Å². The van der Waals surface area contributed by atoms with Crippen LogP contribution in [0.2, 0.25) is 5.02 Å². The van der Waals surface area contributed by atoms with Crippen LogP contribution in [0.5, 0.6) is 11.5 Å². The number of nitrogens with zero attached hydrogens (tertiary/aromatic N) is 1. The molecule has 0 saturated carbocycles. The summed E-state index contributed by atoms with van der Waals surface area (Å²) < 4.78 is 72.1. The third kappa shape index (κ3) is 6.38. The van der Waals surface area contributed by atoms with Crippen molar-refractivity contribution in [2.24, 2.45) is 0 Å². The number of aliphatic carboxylic acids is 1. The van der Waals surface area contributed by atoms with Gasteiger partial charge in [0.15, 0.2) is 5.60 Å². The van der Waals surface area contributed by atoms with E-state index in [9.17, 15) is 26.8 Å². The maximum absolute atomic E-state index is 13.8. The number of benzene rings is 2. The molecule has 2 N–H and O–H groups in total. The Balaban J connectivity index is 2.02. The highest BCUT2D eigenvalue weighted by Gasteiger charge is 2.45. The lowest BCUT2D eigenvalue weighted by atomic mass is 10.0. The molecule has 0 spiro atoms. The lowest BCUT2D eigenvalue weighted by Crippen LogP contribution is -2.45. The standard InChI is InChI=1S/C24H27ClF2N2O8S/c1-23(2,24(3,26)27)37-22(32)28-15-6-9-18-17(12-15)29(13-16(36-18)7-10-21(30)31)38(33,34)20-11-14(25)5-8-19(20)35-4/h5-6,8-9,11-12,16H,7,10,13H2,1-4H3,(H,28,32)(H,30,31). The van der Waals surface area contributed by atoms with Gasteiger partial charge in [-0.25, -0.2) is 22.0 Å². The second kappa shape index (κ2) is 10.8. The minimum atomic E-state index is -4.35. The number of carboxylic acids is 1. The van der Waals surface area contributed by atoms with Gasteiger partial charge in [-0.1, -0.05) is 11.6 Å². The van der Waals surface area contributed by atoms with Crippen LogP contribution in [0.4, 0.5) is 25.0 Å². The van der Waals surface area contributed by atoms with Gasteiger partial charge >= 0.3 is 12.1 Å². The van der Waals surface area contributed by atoms with E-state index in [0.29, 0.717) is 6.92 Å². The molecule has 1 unspecified atom stereocenters. The summed E-state index contributed by atoms with van der Waals surface area (Å²) in [6.07, 6.45) is -2.24. The molecule has 3 rings (SSSR count). The predicted molar refractivity (Wildman–Crippen MR) is 135 cm³/mol. The van der Waals surface area contributed by atoms with E-state index in [1.165, 1.54) is 43.5 Å². The zero-order valence-electron chi connectivity index (χ0n) is 21.0. The fraction of sp³-hybridized carbons (Fsp3) is 0.417. The van der Waals surface area contributed by atoms with E-state index in [-0.39, 0.29) is 52.2 Å². The van der Waals surface area contributed by atoms with E-state index >= 15 is 0 Å². The highest BCUT2D eigenvalue weighted by molar-refractivity contribution is 7.93. The maximum atomic E-state index is 13.8. The molecular formula is C24H27ClF2N2O8S. The van der Waals surface area contributed by atoms with Crippen LogP contribution in [0.1, 0.15) is 33.6 Å². The predicted octanol–water partition coefficient (Wildman–Crippen LogP) is 5.15. The first-order valence-electron chi connectivity index (χ1n) is 11.3. The molecule has 0 bridgehead atoms. The lowest BCUT2D eigenvalue weighted by molar-refractivity contribution is -0.147. The smallest absolute Gasteiger partial charge is 0.412 e. The zero-order chi connectivity index (χ0) is 28.5. The Labute approximate surface area is 223 Å². The van der Waals surface area contributed by atoms with Crippen LogP contribution in [0.15, 0.2) is 41.3 Å². The second-order valence-corrected chi connectivity index (χ2v) is 11.4. The molecule has 0 radical (unpaired) electrons. The van der Waals surface area contributed by atoms with Crippen LogP contribution in [0.3, 0.4) is 0 Å². The monoisotopic (exact) mass is 576 g/mol. The van der Waals surface area contributed by atoms with E-state index in [4.69, 9.17) is 30.9 Å². The van der Waals surface area contributed by atoms with Crippen LogP contribution >= 0.6 is 11.6 Å². The molecular weight excluding hydrogens is 550 g/mol. The van der Waals surface area contributed by atoms with Crippen LogP contribution in [-0.2, 0) is 19.6 Å². The number of methoxy groups -OCH3 is 1. The molecule has 2 aromatic rings. The summed E-state index contributed by atoms with van der Waals surface area (Å²) in [6.45, 7) is 2.46. The van der Waals surface area contributed by atoms with Crippen molar-refractivity contribution in [3.8, 4) is 11.5 Å². The molecule has 1 heterocycles. The molecule has 0 saturated heterocycles. The summed E-state index contributed by atoms with van der Waals surface area (Å²) in [6, 6.07) is 8.06. The molecule has 10 nitrogen and oxygen atoms in total. The van der Waals surface area contributed by atoms with Gasteiger partial charge in [0.2, 0.25) is 0 Å². The summed E-state index contributed by atoms with van der Waals surface area (Å²) in [7, 11) is -3.06. The summed E-state index contributed by atoms with van der Waals surface area (Å²) in [5, 5.41) is 11.5. The number of sulfonamides is 1. The number of carbonyl (C=O) groups excluding carboxylic acids is 1. The molecule has 38 heavy (non-hydrogen) atoms. The topological polar surface area (TPSA) is 131 Å². The Kier molecular flexibility index (Phi) is 8.32. The molecule has 2 aromatic carbocycles. The number of alkyl halides is 2. The molecule has 0 fully saturated rings. The Morgan fingerprint density at radius 2 is 1.89 bits per heavy atom. The number of amides is 1. The summed E-state index contributed by atoms with van der Waals surface area (Å²) in [4.78, 5) is 23.2. The molecule has 208 valence electrons. The van der Waals surface area contributed by atoms with E-state index in [1.807, 2.05) is 0 Å². The number of ether oxygens (including phenoxy) is 3. The van der Waals surface area contributed by atoms with Gasteiger partial charge in [0.25, 0.3) is 15.9 Å². The van der Waals surface area contributed by atoms with Gasteiger partial charge < -0.3 is 19.3 Å². The fourth-order valence-corrected chi connectivity index (χ4v) is 5.41. The van der Waals surface area contributed by atoms with Gasteiger partial charge in [0.1, 0.15) is 22.5 Å². The Morgan fingerprint density at radius 1 is 1.21 bits per heavy atom. The first kappa shape index (κ1) is 29.2. The first-order valence-corrected chi connectivity index (χ1v) is 13.1. The summed E-state index contributed by atoms with van der Waals surface area (Å²) in [5.41, 5.74) is -2.07. The molecule has 1 aliphatic rings. The van der Waals surface area contributed by atoms with Crippen molar-refractivity contribution < 1.29 is 46.1 Å². The van der Waals surface area contributed by atoms with E-state index in [1.54, 1.807) is 0 Å². The molecule has 1 atom stereocenters. The van der Waals surface area contributed by atoms with Crippen molar-refractivity contribution in [1.29, 1.82) is 0 Å². The maximum Gasteiger partial charge on any atom is 0.412 e. The van der Waals surface area contributed by atoms with Gasteiger partial charge in [0.05, 0.1) is 19.3 Å². The number of rotatable bonds is 9. The molecule has 0 aliphatic carbocycles. The number of carboxylic acid groups (broad SMARTS) is 1. The normalized spacial score (nSPS) is 15.8. The number of fused-ring (bicyclic) bond motifs is 1. The molecule has 1 aliphatic heterocycles. The zero-order valence-corrected chi connectivity index (χ0v) is 22.5. The average Bonchev–Trinajstić information content (AvgIpc) is 2.81. The number of nitrogens with one attached hydrogen (secondary N) is 1. The van der Waals surface area contributed by atoms with E-state index < -0.39 is 39.7 Å². The van der Waals surface area contributed by atoms with E-state index in [0.717, 1.165) is 18.2 Å². The van der Waals surface area contributed by atoms with Crippen molar-refractivity contribution in [2.45, 2.75) is 56.1 Å². The van der Waals surface area contributed by atoms with Gasteiger partial charge in [0, 0.05) is 24.1 Å². The number of halogens is 3. The van der Waals surface area contributed by atoms with Crippen LogP contribution < -0.4 is 19.1 Å². The third-order valence-corrected chi connectivity index (χ3v) is 7.95. The van der Waals surface area contributed by atoms with Crippen LogP contribution in [0, 0.1) is 0 Å². The Hall–Kier alpha value is -3.32. The third-order valence-electron chi connectivity index (χ3n) is 5.92. The lowest BCUT2D eigenvalue weighted by Gasteiger charge is -2.36.